The van der Waals surface area contributed by atoms with Gasteiger partial charge in [0.25, 0.3) is 5.91 Å². The molecule has 0 heterocycles. The summed E-state index contributed by atoms with van der Waals surface area (Å²) < 4.78 is 45.5. The molecule has 1 saturated carbocycles. The Morgan fingerprint density at radius 2 is 1.68 bits per heavy atom. The maximum Gasteiger partial charge on any atom is 0.407 e. The molecule has 1 aliphatic rings. The summed E-state index contributed by atoms with van der Waals surface area (Å²) in [6.45, 7) is 2.01. The summed E-state index contributed by atoms with van der Waals surface area (Å²) in [5.41, 5.74) is 0.0895. The van der Waals surface area contributed by atoms with Gasteiger partial charge in [-0.1, -0.05) is 11.6 Å². The molecule has 2 aromatic rings. The van der Waals surface area contributed by atoms with Crippen LogP contribution in [0.3, 0.4) is 0 Å². The summed E-state index contributed by atoms with van der Waals surface area (Å²) in [6.07, 6.45) is 2.13. The van der Waals surface area contributed by atoms with Gasteiger partial charge in [0, 0.05) is 28.4 Å². The molecule has 34 heavy (non-hydrogen) atoms. The van der Waals surface area contributed by atoms with Crippen molar-refractivity contribution in [1.29, 1.82) is 0 Å². The molecule has 0 unspecified atom stereocenters. The SMILES string of the molecule is CCOC(=O)N[C@H]1CC[C@H](N/C(=N/C(=O)c2ccc(F)c(F)c2)Nc2cc(F)cc(Cl)c2)CC1. The predicted molar refractivity (Wildman–Crippen MR) is 122 cm³/mol. The van der Waals surface area contributed by atoms with E-state index in [9.17, 15) is 22.8 Å². The smallest absolute Gasteiger partial charge is 0.407 e. The fourth-order valence-corrected chi connectivity index (χ4v) is 3.79. The molecule has 3 rings (SSSR count). The van der Waals surface area contributed by atoms with E-state index in [2.05, 4.69) is 20.9 Å². The van der Waals surface area contributed by atoms with Crippen molar-refractivity contribution in [3.63, 3.8) is 0 Å². The van der Waals surface area contributed by atoms with Crippen LogP contribution >= 0.6 is 11.6 Å². The van der Waals surface area contributed by atoms with E-state index in [0.717, 1.165) is 24.3 Å². The number of halogens is 4. The molecule has 0 atom stereocenters. The van der Waals surface area contributed by atoms with E-state index in [1.54, 1.807) is 6.92 Å². The van der Waals surface area contributed by atoms with Crippen LogP contribution in [0.25, 0.3) is 0 Å². The minimum atomic E-state index is -1.17. The van der Waals surface area contributed by atoms with Gasteiger partial charge >= 0.3 is 6.09 Å². The molecule has 2 amide bonds. The Labute approximate surface area is 199 Å². The number of guanidine groups is 1. The van der Waals surface area contributed by atoms with Gasteiger partial charge in [-0.05, 0) is 69.0 Å². The largest absolute Gasteiger partial charge is 0.450 e. The van der Waals surface area contributed by atoms with Gasteiger partial charge in [0.1, 0.15) is 5.82 Å². The number of carbonyl (C=O) groups excluding carboxylic acids is 2. The van der Waals surface area contributed by atoms with Crippen molar-refractivity contribution in [2.45, 2.75) is 44.7 Å². The minimum Gasteiger partial charge on any atom is -0.450 e. The summed E-state index contributed by atoms with van der Waals surface area (Å²) in [5, 5.41) is 8.88. The fourth-order valence-electron chi connectivity index (χ4n) is 3.57. The second-order valence-electron chi connectivity index (χ2n) is 7.74. The van der Waals surface area contributed by atoms with Gasteiger partial charge < -0.3 is 20.7 Å². The number of nitrogens with one attached hydrogen (secondary N) is 3. The van der Waals surface area contributed by atoms with Crippen LogP contribution in [-0.4, -0.2) is 36.7 Å². The number of anilines is 1. The molecule has 182 valence electrons. The fraction of sp³-hybridized carbons (Fsp3) is 0.348. The van der Waals surface area contributed by atoms with Crippen LogP contribution in [0, 0.1) is 17.5 Å². The van der Waals surface area contributed by atoms with Gasteiger partial charge in [0.2, 0.25) is 5.96 Å². The van der Waals surface area contributed by atoms with Gasteiger partial charge in [-0.3, -0.25) is 4.79 Å². The monoisotopic (exact) mass is 496 g/mol. The number of hydrogen-bond acceptors (Lipinski definition) is 3. The highest BCUT2D eigenvalue weighted by Gasteiger charge is 2.24. The summed E-state index contributed by atoms with van der Waals surface area (Å²) in [5.74, 6) is -3.67. The molecule has 11 heteroatoms. The summed E-state index contributed by atoms with van der Waals surface area (Å²) in [4.78, 5) is 28.2. The van der Waals surface area contributed by atoms with Gasteiger partial charge in [0.05, 0.1) is 6.61 Å². The second kappa shape index (κ2) is 11.7. The van der Waals surface area contributed by atoms with Crippen molar-refractivity contribution in [3.8, 4) is 0 Å². The molecule has 0 radical (unpaired) electrons. The third-order valence-corrected chi connectivity index (χ3v) is 5.39. The van der Waals surface area contributed by atoms with Crippen LogP contribution in [0.5, 0.6) is 0 Å². The van der Waals surface area contributed by atoms with Gasteiger partial charge in [-0.25, -0.2) is 18.0 Å². The number of rotatable bonds is 5. The first kappa shape index (κ1) is 25.4. The van der Waals surface area contributed by atoms with Crippen LogP contribution in [0.2, 0.25) is 5.02 Å². The van der Waals surface area contributed by atoms with Gasteiger partial charge in [-0.2, -0.15) is 4.99 Å². The maximum absolute atomic E-state index is 13.8. The molecular formula is C23H24ClF3N4O3. The quantitative estimate of drug-likeness (QED) is 0.399. The van der Waals surface area contributed by atoms with Gasteiger partial charge in [0.15, 0.2) is 11.6 Å². The summed E-state index contributed by atoms with van der Waals surface area (Å²) in [6, 6.07) is 6.29. The van der Waals surface area contributed by atoms with Gasteiger partial charge in [-0.15, -0.1) is 0 Å². The number of aliphatic imine (C=N–C) groups is 1. The highest BCUT2D eigenvalue weighted by Crippen LogP contribution is 2.21. The molecule has 0 saturated heterocycles. The van der Waals surface area contributed by atoms with E-state index >= 15 is 0 Å². The first-order valence-electron chi connectivity index (χ1n) is 10.7. The first-order valence-corrected chi connectivity index (χ1v) is 11.1. The lowest BCUT2D eigenvalue weighted by Gasteiger charge is -2.30. The van der Waals surface area contributed by atoms with E-state index in [-0.39, 0.29) is 40.9 Å². The van der Waals surface area contributed by atoms with Crippen molar-refractivity contribution in [1.82, 2.24) is 10.6 Å². The summed E-state index contributed by atoms with van der Waals surface area (Å²) >= 11 is 5.91. The van der Waals surface area contributed by atoms with E-state index < -0.39 is 29.5 Å². The summed E-state index contributed by atoms with van der Waals surface area (Å²) in [7, 11) is 0. The molecule has 3 N–H and O–H groups in total. The van der Waals surface area contributed by atoms with E-state index in [0.29, 0.717) is 25.7 Å². The predicted octanol–water partition coefficient (Wildman–Crippen LogP) is 5.01. The molecule has 1 aliphatic carbocycles. The lowest BCUT2D eigenvalue weighted by Crippen LogP contribution is -2.45. The zero-order chi connectivity index (χ0) is 24.7. The Morgan fingerprint density at radius 3 is 2.29 bits per heavy atom. The maximum atomic E-state index is 13.8. The normalized spacial score (nSPS) is 18.2. The van der Waals surface area contributed by atoms with Crippen molar-refractivity contribution >= 4 is 35.2 Å². The Bertz CT molecular complexity index is 1060. The van der Waals surface area contributed by atoms with Crippen LogP contribution in [0.4, 0.5) is 23.7 Å². The molecule has 0 spiro atoms. The van der Waals surface area contributed by atoms with E-state index in [1.165, 1.54) is 12.1 Å². The lowest BCUT2D eigenvalue weighted by atomic mass is 9.91. The van der Waals surface area contributed by atoms with Crippen LogP contribution in [-0.2, 0) is 4.74 Å². The number of ether oxygens (including phenoxy) is 1. The van der Waals surface area contributed by atoms with E-state index in [4.69, 9.17) is 16.3 Å². The van der Waals surface area contributed by atoms with Crippen molar-refractivity contribution < 1.29 is 27.5 Å². The number of alkyl carbamates (subject to hydrolysis) is 1. The van der Waals surface area contributed by atoms with Crippen molar-refractivity contribution in [2.75, 3.05) is 11.9 Å². The molecule has 0 aliphatic heterocycles. The number of carbonyl (C=O) groups is 2. The molecule has 1 fully saturated rings. The Morgan fingerprint density at radius 1 is 1.00 bits per heavy atom. The van der Waals surface area contributed by atoms with Crippen LogP contribution < -0.4 is 16.0 Å². The first-order chi connectivity index (χ1) is 16.2. The molecule has 2 aromatic carbocycles. The zero-order valence-corrected chi connectivity index (χ0v) is 19.1. The highest BCUT2D eigenvalue weighted by molar-refractivity contribution is 6.31. The van der Waals surface area contributed by atoms with Crippen molar-refractivity contribution in [2.24, 2.45) is 4.99 Å². The number of amides is 2. The number of hydrogen-bond donors (Lipinski definition) is 3. The number of nitrogens with zero attached hydrogens (tertiary/aromatic N) is 1. The molecule has 7 nitrogen and oxygen atoms in total. The Balaban J connectivity index is 1.74. The molecule has 0 bridgehead atoms. The zero-order valence-electron chi connectivity index (χ0n) is 18.3. The Kier molecular flexibility index (Phi) is 8.75. The number of benzene rings is 2. The second-order valence-corrected chi connectivity index (χ2v) is 8.17. The molecule has 0 aromatic heterocycles. The van der Waals surface area contributed by atoms with Crippen molar-refractivity contribution in [3.05, 3.63) is 64.4 Å². The lowest BCUT2D eigenvalue weighted by molar-refractivity contribution is 0.100. The average Bonchev–Trinajstić information content (AvgIpc) is 2.76. The van der Waals surface area contributed by atoms with Crippen LogP contribution in [0.15, 0.2) is 41.4 Å². The highest BCUT2D eigenvalue weighted by atomic mass is 35.5. The molecular weight excluding hydrogens is 473 g/mol. The van der Waals surface area contributed by atoms with Crippen LogP contribution in [0.1, 0.15) is 43.0 Å². The average molecular weight is 497 g/mol. The topological polar surface area (TPSA) is 91.8 Å². The minimum absolute atomic E-state index is 0.00167. The van der Waals surface area contributed by atoms with E-state index in [1.807, 2.05) is 0 Å². The third kappa shape index (κ3) is 7.38. The Hall–Kier alpha value is -3.27. The standard InChI is InChI=1S/C23H24ClF3N4O3/c1-2-34-23(33)30-17-6-4-16(5-7-17)28-22(29-18-11-14(24)10-15(25)12-18)31-21(32)13-3-8-19(26)20(27)9-13/h3,8-12,16-17H,2,4-7H2,1H3,(H,30,33)(H2,28,29,31,32)/t16-,17-. The third-order valence-electron chi connectivity index (χ3n) is 5.17.